The lowest BCUT2D eigenvalue weighted by Gasteiger charge is -2.26. The van der Waals surface area contributed by atoms with Crippen LogP contribution in [-0.2, 0) is 14.8 Å². The minimum atomic E-state index is -3.57. The molecular formula is C18H24N4O4S. The number of aryl methyl sites for hydroxylation is 1. The van der Waals surface area contributed by atoms with E-state index in [0.29, 0.717) is 37.7 Å². The molecule has 27 heavy (non-hydrogen) atoms. The molecule has 3 rings (SSSR count). The van der Waals surface area contributed by atoms with Gasteiger partial charge in [0.2, 0.25) is 10.0 Å². The molecule has 1 saturated heterocycles. The fourth-order valence-electron chi connectivity index (χ4n) is 2.91. The maximum Gasteiger partial charge on any atom is 0.256 e. The summed E-state index contributed by atoms with van der Waals surface area (Å²) in [5.41, 5.74) is 1.19. The number of aromatic nitrogens is 2. The largest absolute Gasteiger partial charge is 0.379 e. The summed E-state index contributed by atoms with van der Waals surface area (Å²) in [6.07, 6.45) is 0. The van der Waals surface area contributed by atoms with E-state index < -0.39 is 10.0 Å². The molecule has 0 radical (unpaired) electrons. The first-order valence-electron chi connectivity index (χ1n) is 8.84. The monoisotopic (exact) mass is 392 g/mol. The van der Waals surface area contributed by atoms with Gasteiger partial charge in [-0.1, -0.05) is 0 Å². The number of benzene rings is 1. The maximum atomic E-state index is 12.6. The molecule has 1 aromatic heterocycles. The van der Waals surface area contributed by atoms with Crippen molar-refractivity contribution in [2.45, 2.75) is 31.7 Å². The van der Waals surface area contributed by atoms with Gasteiger partial charge in [0, 0.05) is 30.8 Å². The Morgan fingerprint density at radius 3 is 2.41 bits per heavy atom. The zero-order valence-electron chi connectivity index (χ0n) is 15.7. The van der Waals surface area contributed by atoms with Crippen molar-refractivity contribution in [1.82, 2.24) is 14.1 Å². The summed E-state index contributed by atoms with van der Waals surface area (Å²) in [5, 5.41) is 7.20. The van der Waals surface area contributed by atoms with Crippen LogP contribution in [0.25, 0.3) is 0 Å². The third-order valence-electron chi connectivity index (χ3n) is 4.31. The number of nitrogens with one attached hydrogen (secondary N) is 1. The molecular weight excluding hydrogens is 368 g/mol. The van der Waals surface area contributed by atoms with Crippen molar-refractivity contribution in [3.05, 3.63) is 41.6 Å². The Balaban J connectivity index is 1.76. The van der Waals surface area contributed by atoms with E-state index in [0.717, 1.165) is 5.69 Å². The topological polar surface area (TPSA) is 93.5 Å². The van der Waals surface area contributed by atoms with Crippen molar-refractivity contribution in [3.8, 4) is 0 Å². The first-order chi connectivity index (χ1) is 12.8. The Bertz CT molecular complexity index is 913. The molecule has 1 aliphatic heterocycles. The highest BCUT2D eigenvalue weighted by atomic mass is 32.2. The van der Waals surface area contributed by atoms with Crippen LogP contribution in [0.1, 0.15) is 35.9 Å². The average molecular weight is 392 g/mol. The number of ether oxygens (including phenoxy) is 1. The lowest BCUT2D eigenvalue weighted by molar-refractivity contribution is 0.0730. The number of hydrogen-bond acceptors (Lipinski definition) is 5. The molecule has 1 amide bonds. The van der Waals surface area contributed by atoms with Gasteiger partial charge in [0.25, 0.3) is 5.91 Å². The highest BCUT2D eigenvalue weighted by Gasteiger charge is 2.26. The van der Waals surface area contributed by atoms with Crippen LogP contribution in [-0.4, -0.2) is 54.7 Å². The highest BCUT2D eigenvalue weighted by Crippen LogP contribution is 2.20. The van der Waals surface area contributed by atoms with Gasteiger partial charge in [-0.2, -0.15) is 9.40 Å². The molecule has 0 aliphatic carbocycles. The van der Waals surface area contributed by atoms with E-state index in [1.54, 1.807) is 10.7 Å². The zero-order chi connectivity index (χ0) is 19.6. The summed E-state index contributed by atoms with van der Waals surface area (Å²) in [5.74, 6) is 0.296. The third kappa shape index (κ3) is 4.20. The van der Waals surface area contributed by atoms with E-state index in [4.69, 9.17) is 4.74 Å². The number of carbonyl (C=O) groups is 1. The Morgan fingerprint density at radius 2 is 1.81 bits per heavy atom. The molecule has 0 unspecified atom stereocenters. The number of sulfonamides is 1. The smallest absolute Gasteiger partial charge is 0.256 e. The van der Waals surface area contributed by atoms with E-state index in [9.17, 15) is 13.2 Å². The van der Waals surface area contributed by atoms with Gasteiger partial charge < -0.3 is 10.1 Å². The van der Waals surface area contributed by atoms with E-state index in [-0.39, 0.29) is 16.8 Å². The van der Waals surface area contributed by atoms with Crippen molar-refractivity contribution in [2.75, 3.05) is 31.6 Å². The fraction of sp³-hybridized carbons (Fsp3) is 0.444. The summed E-state index contributed by atoms with van der Waals surface area (Å²) in [6.45, 7) is 7.28. The minimum Gasteiger partial charge on any atom is -0.379 e. The number of hydrogen-bond donors (Lipinski definition) is 1. The van der Waals surface area contributed by atoms with Gasteiger partial charge >= 0.3 is 0 Å². The van der Waals surface area contributed by atoms with Gasteiger partial charge in [0.1, 0.15) is 5.82 Å². The molecule has 1 aromatic carbocycles. The Morgan fingerprint density at radius 1 is 1.19 bits per heavy atom. The SMILES string of the molecule is Cc1cc(NC(=O)c2ccc(S(=O)(=O)N3CCOCC3)cc2)n(C(C)C)n1. The number of rotatable bonds is 5. The third-order valence-corrected chi connectivity index (χ3v) is 6.23. The van der Waals surface area contributed by atoms with Crippen LogP contribution in [0.2, 0.25) is 0 Å². The van der Waals surface area contributed by atoms with Crippen LogP contribution < -0.4 is 5.32 Å². The predicted octanol–water partition coefficient (Wildman–Crippen LogP) is 2.05. The van der Waals surface area contributed by atoms with Crippen molar-refractivity contribution < 1.29 is 17.9 Å². The lowest BCUT2D eigenvalue weighted by atomic mass is 10.2. The molecule has 8 nitrogen and oxygen atoms in total. The molecule has 0 atom stereocenters. The quantitative estimate of drug-likeness (QED) is 0.840. The lowest BCUT2D eigenvalue weighted by Crippen LogP contribution is -2.40. The first-order valence-corrected chi connectivity index (χ1v) is 10.3. The number of carbonyl (C=O) groups excluding carboxylic acids is 1. The predicted molar refractivity (Wildman–Crippen MR) is 101 cm³/mol. The van der Waals surface area contributed by atoms with Crippen molar-refractivity contribution >= 4 is 21.7 Å². The minimum absolute atomic E-state index is 0.107. The molecule has 0 spiro atoms. The standard InChI is InChI=1S/C18H24N4O4S/c1-13(2)22-17(12-14(3)20-22)19-18(23)15-4-6-16(7-5-15)27(24,25)21-8-10-26-11-9-21/h4-7,12-13H,8-11H2,1-3H3,(H,19,23). The molecule has 146 valence electrons. The van der Waals surface area contributed by atoms with Crippen LogP contribution in [0.4, 0.5) is 5.82 Å². The Hall–Kier alpha value is -2.23. The van der Waals surface area contributed by atoms with Crippen LogP contribution >= 0.6 is 0 Å². The maximum absolute atomic E-state index is 12.6. The summed E-state index contributed by atoms with van der Waals surface area (Å²) >= 11 is 0. The van der Waals surface area contributed by atoms with Crippen LogP contribution in [0.3, 0.4) is 0 Å². The van der Waals surface area contributed by atoms with Crippen molar-refractivity contribution in [3.63, 3.8) is 0 Å². The summed E-state index contributed by atoms with van der Waals surface area (Å²) < 4.78 is 33.6. The second kappa shape index (κ2) is 7.79. The Kier molecular flexibility index (Phi) is 5.64. The molecule has 2 heterocycles. The van der Waals surface area contributed by atoms with Gasteiger partial charge in [-0.3, -0.25) is 4.79 Å². The van der Waals surface area contributed by atoms with Gasteiger partial charge in [-0.25, -0.2) is 13.1 Å². The zero-order valence-corrected chi connectivity index (χ0v) is 16.5. The first kappa shape index (κ1) is 19.5. The number of anilines is 1. The van der Waals surface area contributed by atoms with Gasteiger partial charge in [-0.15, -0.1) is 0 Å². The van der Waals surface area contributed by atoms with Gasteiger partial charge in [0.05, 0.1) is 23.8 Å². The van der Waals surface area contributed by atoms with Crippen LogP contribution in [0, 0.1) is 6.92 Å². The summed E-state index contributed by atoms with van der Waals surface area (Å²) in [4.78, 5) is 12.7. The molecule has 1 aliphatic rings. The average Bonchev–Trinajstić information content (AvgIpc) is 3.03. The van der Waals surface area contributed by atoms with Crippen molar-refractivity contribution in [1.29, 1.82) is 0 Å². The highest BCUT2D eigenvalue weighted by molar-refractivity contribution is 7.89. The fourth-order valence-corrected chi connectivity index (χ4v) is 4.31. The van der Waals surface area contributed by atoms with E-state index in [1.807, 2.05) is 20.8 Å². The summed E-state index contributed by atoms with van der Waals surface area (Å²) in [7, 11) is -3.57. The molecule has 1 N–H and O–H groups in total. The van der Waals surface area contributed by atoms with E-state index in [1.165, 1.54) is 28.6 Å². The molecule has 0 bridgehead atoms. The number of nitrogens with zero attached hydrogens (tertiary/aromatic N) is 3. The summed E-state index contributed by atoms with van der Waals surface area (Å²) in [6, 6.07) is 7.87. The molecule has 1 fully saturated rings. The number of amides is 1. The molecule has 2 aromatic rings. The normalized spacial score (nSPS) is 15.9. The van der Waals surface area contributed by atoms with Gasteiger partial charge in [0.15, 0.2) is 0 Å². The molecule has 9 heteroatoms. The van der Waals surface area contributed by atoms with Crippen LogP contribution in [0.5, 0.6) is 0 Å². The van der Waals surface area contributed by atoms with E-state index >= 15 is 0 Å². The second-order valence-corrected chi connectivity index (χ2v) is 8.64. The molecule has 0 saturated carbocycles. The van der Waals surface area contributed by atoms with Gasteiger partial charge in [-0.05, 0) is 45.0 Å². The second-order valence-electron chi connectivity index (χ2n) is 6.70. The number of morpholine rings is 1. The van der Waals surface area contributed by atoms with E-state index in [2.05, 4.69) is 10.4 Å². The Labute approximate surface area is 159 Å². The van der Waals surface area contributed by atoms with Crippen molar-refractivity contribution in [2.24, 2.45) is 0 Å². The van der Waals surface area contributed by atoms with Crippen LogP contribution in [0.15, 0.2) is 35.2 Å².